The Kier molecular flexibility index (Phi) is 8.89. The summed E-state index contributed by atoms with van der Waals surface area (Å²) in [5.74, 6) is 1.09. The molecule has 2 atom stereocenters. The number of benzene rings is 1. The number of hydrogen-bond donors (Lipinski definition) is 2. The molecule has 8 nitrogen and oxygen atoms in total. The van der Waals surface area contributed by atoms with Gasteiger partial charge in [0.05, 0.1) is 24.7 Å². The molecule has 8 heteroatoms. The van der Waals surface area contributed by atoms with Gasteiger partial charge in [-0.25, -0.2) is 4.79 Å². The van der Waals surface area contributed by atoms with E-state index in [-0.39, 0.29) is 24.0 Å². The highest BCUT2D eigenvalue weighted by molar-refractivity contribution is 5.89. The number of carbonyl (C=O) groups excluding carboxylic acids is 2. The smallest absolute Gasteiger partial charge is 0.319 e. The summed E-state index contributed by atoms with van der Waals surface area (Å²) in [6, 6.07) is 7.61. The molecule has 206 valence electrons. The first-order valence-electron chi connectivity index (χ1n) is 14.5. The lowest BCUT2D eigenvalue weighted by atomic mass is 10.1. The second-order valence-electron chi connectivity index (χ2n) is 11.2. The van der Waals surface area contributed by atoms with Crippen LogP contribution < -0.4 is 15.4 Å². The molecule has 1 aromatic rings. The van der Waals surface area contributed by atoms with Crippen molar-refractivity contribution in [1.29, 1.82) is 0 Å². The number of hydrogen-bond acceptors (Lipinski definition) is 5. The van der Waals surface area contributed by atoms with Gasteiger partial charge < -0.3 is 25.2 Å². The van der Waals surface area contributed by atoms with E-state index in [2.05, 4.69) is 38.7 Å². The van der Waals surface area contributed by atoms with Crippen molar-refractivity contribution < 1.29 is 14.3 Å². The van der Waals surface area contributed by atoms with E-state index in [0.717, 1.165) is 63.3 Å². The van der Waals surface area contributed by atoms with Gasteiger partial charge in [0.25, 0.3) is 0 Å². The molecule has 38 heavy (non-hydrogen) atoms. The zero-order valence-corrected chi connectivity index (χ0v) is 22.7. The topological polar surface area (TPSA) is 77.2 Å². The summed E-state index contributed by atoms with van der Waals surface area (Å²) in [5.41, 5.74) is 1.93. The number of rotatable bonds is 8. The van der Waals surface area contributed by atoms with Crippen molar-refractivity contribution in [2.75, 3.05) is 45.1 Å². The number of likely N-dealkylation sites (tertiary alicyclic amines) is 2. The van der Waals surface area contributed by atoms with E-state index in [1.54, 1.807) is 0 Å². The summed E-state index contributed by atoms with van der Waals surface area (Å²) in [6.07, 6.45) is 16.8. The standard InChI is InChI=1S/C30H43N5O3/c1-33(29(36)22-34-18-5-2-6-19-34)26-17-20-35(21-26)25-13-9-23(10-14-25)31-30(37)32-24-11-15-28(16-12-24)38-27-7-3-4-8-27/h9,11-16,23,26-27H,2-8,10,17-22H2,1H3,(H2,31,32,37). The molecule has 2 unspecified atom stereocenters. The molecule has 1 saturated carbocycles. The average Bonchev–Trinajstić information content (AvgIpc) is 3.63. The van der Waals surface area contributed by atoms with E-state index in [9.17, 15) is 9.59 Å². The van der Waals surface area contributed by atoms with Gasteiger partial charge in [-0.2, -0.15) is 0 Å². The molecule has 2 heterocycles. The predicted molar refractivity (Wildman–Crippen MR) is 150 cm³/mol. The first-order valence-corrected chi connectivity index (χ1v) is 14.5. The second-order valence-corrected chi connectivity index (χ2v) is 11.2. The zero-order chi connectivity index (χ0) is 26.3. The van der Waals surface area contributed by atoms with Crippen LogP contribution in [-0.2, 0) is 4.79 Å². The fraction of sp³-hybridized carbons (Fsp3) is 0.600. The number of likely N-dealkylation sites (N-methyl/N-ethyl adjacent to an activating group) is 1. The Bertz CT molecular complexity index is 1010. The summed E-state index contributed by atoms with van der Waals surface area (Å²) < 4.78 is 6.00. The van der Waals surface area contributed by atoms with Crippen LogP contribution in [0.1, 0.15) is 57.8 Å². The molecular formula is C30H43N5O3. The number of carbonyl (C=O) groups is 2. The van der Waals surface area contributed by atoms with Gasteiger partial charge in [0.1, 0.15) is 5.75 Å². The van der Waals surface area contributed by atoms with Crippen LogP contribution in [0.4, 0.5) is 10.5 Å². The van der Waals surface area contributed by atoms with Crippen molar-refractivity contribution in [1.82, 2.24) is 20.0 Å². The van der Waals surface area contributed by atoms with Crippen molar-refractivity contribution in [3.8, 4) is 5.75 Å². The monoisotopic (exact) mass is 521 g/mol. The lowest BCUT2D eigenvalue weighted by molar-refractivity contribution is -0.133. The number of urea groups is 1. The number of piperidine rings is 1. The number of ether oxygens (including phenoxy) is 1. The van der Waals surface area contributed by atoms with E-state index in [0.29, 0.717) is 12.6 Å². The summed E-state index contributed by atoms with van der Waals surface area (Å²) in [5, 5.41) is 5.97. The van der Waals surface area contributed by atoms with Crippen LogP contribution in [0.3, 0.4) is 0 Å². The minimum atomic E-state index is -0.212. The molecule has 3 fully saturated rings. The highest BCUT2D eigenvalue weighted by Crippen LogP contribution is 2.26. The molecule has 5 rings (SSSR count). The van der Waals surface area contributed by atoms with Gasteiger partial charge in [-0.05, 0) is 94.8 Å². The molecule has 0 bridgehead atoms. The molecular weight excluding hydrogens is 478 g/mol. The summed E-state index contributed by atoms with van der Waals surface area (Å²) in [4.78, 5) is 32.0. The van der Waals surface area contributed by atoms with E-state index in [1.807, 2.05) is 36.2 Å². The van der Waals surface area contributed by atoms with Gasteiger partial charge >= 0.3 is 6.03 Å². The lowest BCUT2D eigenvalue weighted by Gasteiger charge is -2.31. The molecule has 2 N–H and O–H groups in total. The Hall–Kier alpha value is -3.00. The van der Waals surface area contributed by atoms with Crippen LogP contribution in [0.5, 0.6) is 5.75 Å². The third-order valence-corrected chi connectivity index (χ3v) is 8.39. The summed E-state index contributed by atoms with van der Waals surface area (Å²) >= 11 is 0. The summed E-state index contributed by atoms with van der Waals surface area (Å²) in [6.45, 7) is 4.44. The van der Waals surface area contributed by atoms with Crippen molar-refractivity contribution in [2.24, 2.45) is 0 Å². The van der Waals surface area contributed by atoms with Crippen molar-refractivity contribution in [3.05, 3.63) is 48.2 Å². The normalized spacial score (nSPS) is 24.2. The van der Waals surface area contributed by atoms with Crippen LogP contribution in [0.25, 0.3) is 0 Å². The second kappa shape index (κ2) is 12.7. The predicted octanol–water partition coefficient (Wildman–Crippen LogP) is 4.36. The molecule has 0 radical (unpaired) electrons. The Morgan fingerprint density at radius 3 is 2.47 bits per heavy atom. The minimum Gasteiger partial charge on any atom is -0.490 e. The Morgan fingerprint density at radius 2 is 1.76 bits per heavy atom. The maximum absolute atomic E-state index is 12.8. The minimum absolute atomic E-state index is 0.0454. The van der Waals surface area contributed by atoms with Crippen LogP contribution in [0.2, 0.25) is 0 Å². The Morgan fingerprint density at radius 1 is 1.00 bits per heavy atom. The van der Waals surface area contributed by atoms with Crippen molar-refractivity contribution in [3.63, 3.8) is 0 Å². The third kappa shape index (κ3) is 7.10. The molecule has 0 aromatic heterocycles. The first kappa shape index (κ1) is 26.6. The van der Waals surface area contributed by atoms with Crippen LogP contribution in [0.15, 0.2) is 48.2 Å². The van der Waals surface area contributed by atoms with Gasteiger partial charge in [0.2, 0.25) is 5.91 Å². The zero-order valence-electron chi connectivity index (χ0n) is 22.7. The maximum atomic E-state index is 12.8. The highest BCUT2D eigenvalue weighted by Gasteiger charge is 2.30. The SMILES string of the molecule is CN(C(=O)CN1CCCCC1)C1CCN(C2=CCC(NC(=O)Nc3ccc(OC4CCCC4)cc3)C=C2)C1. The fourth-order valence-corrected chi connectivity index (χ4v) is 6.02. The fourth-order valence-electron chi connectivity index (χ4n) is 6.02. The van der Waals surface area contributed by atoms with E-state index in [4.69, 9.17) is 4.74 Å². The lowest BCUT2D eigenvalue weighted by Crippen LogP contribution is -2.45. The average molecular weight is 522 g/mol. The van der Waals surface area contributed by atoms with Crippen molar-refractivity contribution >= 4 is 17.6 Å². The number of allylic oxidation sites excluding steroid dienone is 1. The highest BCUT2D eigenvalue weighted by atomic mass is 16.5. The van der Waals surface area contributed by atoms with Gasteiger partial charge in [-0.15, -0.1) is 0 Å². The molecule has 2 aliphatic heterocycles. The van der Waals surface area contributed by atoms with Gasteiger partial charge in [0, 0.05) is 31.5 Å². The third-order valence-electron chi connectivity index (χ3n) is 8.39. The molecule has 2 saturated heterocycles. The van der Waals surface area contributed by atoms with Crippen LogP contribution in [-0.4, -0.2) is 84.6 Å². The van der Waals surface area contributed by atoms with Gasteiger partial charge in [-0.3, -0.25) is 9.69 Å². The molecule has 1 aromatic carbocycles. The van der Waals surface area contributed by atoms with E-state index >= 15 is 0 Å². The Balaban J connectivity index is 1.03. The maximum Gasteiger partial charge on any atom is 0.319 e. The van der Waals surface area contributed by atoms with Gasteiger partial charge in [-0.1, -0.05) is 18.6 Å². The van der Waals surface area contributed by atoms with Crippen LogP contribution >= 0.6 is 0 Å². The van der Waals surface area contributed by atoms with Crippen molar-refractivity contribution in [2.45, 2.75) is 76.0 Å². The quantitative estimate of drug-likeness (QED) is 0.532. The molecule has 0 spiro atoms. The molecule has 4 aliphatic rings. The number of amides is 3. The largest absolute Gasteiger partial charge is 0.490 e. The molecule has 3 amide bonds. The number of nitrogens with one attached hydrogen (secondary N) is 2. The molecule has 2 aliphatic carbocycles. The number of anilines is 1. The van der Waals surface area contributed by atoms with Gasteiger partial charge in [0.15, 0.2) is 0 Å². The van der Waals surface area contributed by atoms with E-state index in [1.165, 1.54) is 37.8 Å². The number of nitrogens with zero attached hydrogens (tertiary/aromatic N) is 3. The summed E-state index contributed by atoms with van der Waals surface area (Å²) in [7, 11) is 1.96. The van der Waals surface area contributed by atoms with Crippen LogP contribution in [0, 0.1) is 0 Å². The van der Waals surface area contributed by atoms with E-state index < -0.39 is 0 Å². The Labute approximate surface area is 227 Å². The first-order chi connectivity index (χ1) is 18.5.